The van der Waals surface area contributed by atoms with Gasteiger partial charge in [0.25, 0.3) is 0 Å². The van der Waals surface area contributed by atoms with Crippen molar-refractivity contribution in [3.8, 4) is 0 Å². The lowest BCUT2D eigenvalue weighted by molar-refractivity contribution is -0.00675. The fourth-order valence-corrected chi connectivity index (χ4v) is 1.04. The predicted molar refractivity (Wildman–Crippen MR) is 55.7 cm³/mol. The van der Waals surface area contributed by atoms with Crippen LogP contribution in [-0.4, -0.2) is 25.9 Å². The molecular formula is C11H23O2. The maximum Gasteiger partial charge on any atom is 0.0780 e. The second-order valence-electron chi connectivity index (χ2n) is 3.32. The van der Waals surface area contributed by atoms with Gasteiger partial charge in [-0.1, -0.05) is 26.7 Å². The third kappa shape index (κ3) is 9.84. The van der Waals surface area contributed by atoms with Gasteiger partial charge in [0.15, 0.2) is 0 Å². The average molecular weight is 187 g/mol. The monoisotopic (exact) mass is 187 g/mol. The molecule has 0 saturated carbocycles. The molecule has 1 radical (unpaired) electrons. The second-order valence-corrected chi connectivity index (χ2v) is 3.32. The highest BCUT2D eigenvalue weighted by molar-refractivity contribution is 4.48. The van der Waals surface area contributed by atoms with E-state index in [4.69, 9.17) is 9.47 Å². The van der Waals surface area contributed by atoms with Crippen molar-refractivity contribution in [1.29, 1.82) is 0 Å². The smallest absolute Gasteiger partial charge is 0.0780 e. The van der Waals surface area contributed by atoms with Gasteiger partial charge in [-0.2, -0.15) is 0 Å². The van der Waals surface area contributed by atoms with E-state index in [0.29, 0.717) is 6.61 Å². The third-order valence-electron chi connectivity index (χ3n) is 1.79. The lowest BCUT2D eigenvalue weighted by Gasteiger charge is -2.12. The highest BCUT2D eigenvalue weighted by atomic mass is 16.5. The Morgan fingerprint density at radius 1 is 1.23 bits per heavy atom. The zero-order valence-corrected chi connectivity index (χ0v) is 9.05. The molecule has 1 atom stereocenters. The number of hydrogen-bond donors (Lipinski definition) is 0. The molecular weight excluding hydrogens is 164 g/mol. The fraction of sp³-hybridized carbons (Fsp3) is 0.909. The summed E-state index contributed by atoms with van der Waals surface area (Å²) in [6, 6.07) is 0. The van der Waals surface area contributed by atoms with Gasteiger partial charge in [0, 0.05) is 13.2 Å². The maximum absolute atomic E-state index is 5.55. The summed E-state index contributed by atoms with van der Waals surface area (Å²) in [6.07, 6.45) is 4.73. The maximum atomic E-state index is 5.55. The lowest BCUT2D eigenvalue weighted by atomic mass is 10.3. The highest BCUT2D eigenvalue weighted by Crippen LogP contribution is 1.98. The molecule has 79 valence electrons. The van der Waals surface area contributed by atoms with Crippen molar-refractivity contribution in [2.75, 3.05) is 19.8 Å². The number of rotatable bonds is 9. The summed E-state index contributed by atoms with van der Waals surface area (Å²) in [7, 11) is 0. The molecule has 0 aromatic heterocycles. The van der Waals surface area contributed by atoms with Crippen molar-refractivity contribution >= 4 is 0 Å². The topological polar surface area (TPSA) is 18.5 Å². The lowest BCUT2D eigenvalue weighted by Crippen LogP contribution is -2.16. The number of ether oxygens (including phenoxy) is 2. The molecule has 0 aliphatic heterocycles. The van der Waals surface area contributed by atoms with E-state index in [2.05, 4.69) is 20.8 Å². The summed E-state index contributed by atoms with van der Waals surface area (Å²) in [5.41, 5.74) is 0. The number of unbranched alkanes of at least 4 members (excludes halogenated alkanes) is 2. The summed E-state index contributed by atoms with van der Waals surface area (Å²) in [5, 5.41) is 0. The van der Waals surface area contributed by atoms with Crippen molar-refractivity contribution in [3.63, 3.8) is 0 Å². The van der Waals surface area contributed by atoms with Crippen LogP contribution in [0.5, 0.6) is 0 Å². The highest BCUT2D eigenvalue weighted by Gasteiger charge is 2.00. The van der Waals surface area contributed by atoms with Gasteiger partial charge < -0.3 is 9.47 Å². The first-order valence-corrected chi connectivity index (χ1v) is 5.29. The molecule has 0 saturated heterocycles. The molecule has 0 aliphatic rings. The van der Waals surface area contributed by atoms with Crippen LogP contribution in [0.2, 0.25) is 0 Å². The van der Waals surface area contributed by atoms with Crippen LogP contribution < -0.4 is 0 Å². The summed E-state index contributed by atoms with van der Waals surface area (Å²) in [6.45, 7) is 10.2. The van der Waals surface area contributed by atoms with Gasteiger partial charge in [0.2, 0.25) is 0 Å². The normalized spacial score (nSPS) is 13.2. The molecule has 2 nitrogen and oxygen atoms in total. The molecule has 0 N–H and O–H groups in total. The van der Waals surface area contributed by atoms with Gasteiger partial charge in [0.05, 0.1) is 12.7 Å². The number of hydrogen-bond acceptors (Lipinski definition) is 2. The summed E-state index contributed by atoms with van der Waals surface area (Å²) in [4.78, 5) is 0. The Kier molecular flexibility index (Phi) is 9.94. The van der Waals surface area contributed by atoms with Crippen LogP contribution in [0, 0.1) is 6.92 Å². The van der Waals surface area contributed by atoms with E-state index in [9.17, 15) is 0 Å². The molecule has 0 aliphatic carbocycles. The molecule has 0 fully saturated rings. The minimum absolute atomic E-state index is 0.225. The Bertz CT molecular complexity index is 94.1. The Morgan fingerprint density at radius 2 is 2.00 bits per heavy atom. The van der Waals surface area contributed by atoms with Gasteiger partial charge in [-0.15, -0.1) is 0 Å². The minimum atomic E-state index is 0.225. The van der Waals surface area contributed by atoms with E-state index in [-0.39, 0.29) is 6.10 Å². The van der Waals surface area contributed by atoms with Crippen molar-refractivity contribution in [1.82, 2.24) is 0 Å². The molecule has 0 amide bonds. The molecule has 0 aromatic rings. The summed E-state index contributed by atoms with van der Waals surface area (Å²) >= 11 is 0. The largest absolute Gasteiger partial charge is 0.379 e. The van der Waals surface area contributed by atoms with Crippen LogP contribution in [-0.2, 0) is 9.47 Å². The van der Waals surface area contributed by atoms with Crippen molar-refractivity contribution in [2.24, 2.45) is 0 Å². The van der Waals surface area contributed by atoms with E-state index in [1.165, 1.54) is 12.8 Å². The van der Waals surface area contributed by atoms with Crippen molar-refractivity contribution in [3.05, 3.63) is 6.92 Å². The Balaban J connectivity index is 3.05. The quantitative estimate of drug-likeness (QED) is 0.517. The van der Waals surface area contributed by atoms with Crippen LogP contribution in [0.3, 0.4) is 0 Å². The first kappa shape index (κ1) is 12.9. The molecule has 13 heavy (non-hydrogen) atoms. The third-order valence-corrected chi connectivity index (χ3v) is 1.79. The van der Waals surface area contributed by atoms with E-state index < -0.39 is 0 Å². The van der Waals surface area contributed by atoms with E-state index in [0.717, 1.165) is 26.1 Å². The Labute approximate surface area is 82.6 Å². The van der Waals surface area contributed by atoms with Gasteiger partial charge in [0.1, 0.15) is 0 Å². The zero-order valence-electron chi connectivity index (χ0n) is 9.05. The van der Waals surface area contributed by atoms with Crippen LogP contribution in [0.15, 0.2) is 0 Å². The van der Waals surface area contributed by atoms with Gasteiger partial charge in [-0.05, 0) is 19.8 Å². The Hall–Kier alpha value is -0.0800. The van der Waals surface area contributed by atoms with Gasteiger partial charge >= 0.3 is 0 Å². The van der Waals surface area contributed by atoms with Crippen LogP contribution in [0.4, 0.5) is 0 Å². The average Bonchev–Trinajstić information content (AvgIpc) is 2.13. The van der Waals surface area contributed by atoms with Gasteiger partial charge in [-0.25, -0.2) is 0 Å². The first-order chi connectivity index (χ1) is 6.31. The summed E-state index contributed by atoms with van der Waals surface area (Å²) in [5.74, 6) is 0. The second kappa shape index (κ2) is 10.0. The summed E-state index contributed by atoms with van der Waals surface area (Å²) < 4.78 is 10.9. The fourth-order valence-electron chi connectivity index (χ4n) is 1.04. The van der Waals surface area contributed by atoms with Crippen molar-refractivity contribution in [2.45, 2.75) is 45.6 Å². The van der Waals surface area contributed by atoms with Crippen molar-refractivity contribution < 1.29 is 9.47 Å². The first-order valence-electron chi connectivity index (χ1n) is 5.29. The van der Waals surface area contributed by atoms with Crippen LogP contribution in [0.1, 0.15) is 39.5 Å². The Morgan fingerprint density at radius 3 is 2.62 bits per heavy atom. The SMILES string of the molecule is [CH2]CCOCC(C)OCCCCC. The van der Waals surface area contributed by atoms with E-state index in [1.54, 1.807) is 0 Å². The standard InChI is InChI=1S/C11H23O2/c1-4-6-7-9-13-11(3)10-12-8-5-2/h11H,2,4-10H2,1,3H3. The zero-order chi connectivity index (χ0) is 9.94. The van der Waals surface area contributed by atoms with Crippen LogP contribution in [0.25, 0.3) is 0 Å². The molecule has 0 heterocycles. The molecule has 2 heteroatoms. The predicted octanol–water partition coefficient (Wildman–Crippen LogP) is 2.82. The molecule has 0 rings (SSSR count). The minimum Gasteiger partial charge on any atom is -0.379 e. The van der Waals surface area contributed by atoms with E-state index >= 15 is 0 Å². The van der Waals surface area contributed by atoms with Crippen LogP contribution >= 0.6 is 0 Å². The molecule has 0 aromatic carbocycles. The molecule has 0 bridgehead atoms. The molecule has 0 spiro atoms. The van der Waals surface area contributed by atoms with Gasteiger partial charge in [-0.3, -0.25) is 0 Å². The van der Waals surface area contributed by atoms with E-state index in [1.807, 2.05) is 0 Å². The molecule has 1 unspecified atom stereocenters.